The molecule has 2 rings (SSSR count). The van der Waals surface area contributed by atoms with Gasteiger partial charge in [0.15, 0.2) is 0 Å². The van der Waals surface area contributed by atoms with E-state index >= 15 is 0 Å². The summed E-state index contributed by atoms with van der Waals surface area (Å²) in [5.41, 5.74) is 6.55. The summed E-state index contributed by atoms with van der Waals surface area (Å²) >= 11 is 1.26. The lowest BCUT2D eigenvalue weighted by Crippen LogP contribution is -2.20. The molecular formula is C13H19N3O3S. The second-order valence-electron chi connectivity index (χ2n) is 4.52. The lowest BCUT2D eigenvalue weighted by atomic mass is 10.2. The summed E-state index contributed by atoms with van der Waals surface area (Å²) in [5.74, 6) is -0.734. The molecule has 1 aromatic heterocycles. The molecule has 1 aliphatic rings. The monoisotopic (exact) mass is 297 g/mol. The van der Waals surface area contributed by atoms with E-state index in [1.54, 1.807) is 14.0 Å². The van der Waals surface area contributed by atoms with Crippen LogP contribution in [0.4, 0.5) is 10.7 Å². The molecule has 1 fully saturated rings. The normalized spacial score (nSPS) is 14.4. The van der Waals surface area contributed by atoms with Crippen LogP contribution in [-0.2, 0) is 4.74 Å². The van der Waals surface area contributed by atoms with Gasteiger partial charge in [-0.05, 0) is 19.8 Å². The van der Waals surface area contributed by atoms with Gasteiger partial charge in [0.25, 0.3) is 5.91 Å². The molecule has 0 spiro atoms. The van der Waals surface area contributed by atoms with Crippen LogP contribution >= 0.6 is 11.3 Å². The zero-order valence-corrected chi connectivity index (χ0v) is 12.5. The maximum absolute atomic E-state index is 12.1. The number of nitrogen functional groups attached to an aromatic ring is 1. The number of nitrogens with two attached hydrogens (primary N) is 1. The van der Waals surface area contributed by atoms with Crippen LogP contribution in [0.2, 0.25) is 0 Å². The van der Waals surface area contributed by atoms with Crippen molar-refractivity contribution in [2.24, 2.45) is 0 Å². The molecule has 0 radical (unpaired) electrons. The topological polar surface area (TPSA) is 84.7 Å². The highest BCUT2D eigenvalue weighted by Crippen LogP contribution is 2.40. The van der Waals surface area contributed by atoms with Crippen LogP contribution in [0.3, 0.4) is 0 Å². The Morgan fingerprint density at radius 2 is 2.05 bits per heavy atom. The number of anilines is 2. The number of amides is 1. The van der Waals surface area contributed by atoms with Gasteiger partial charge >= 0.3 is 5.97 Å². The number of rotatable bonds is 4. The van der Waals surface area contributed by atoms with Gasteiger partial charge in [0.05, 0.1) is 12.3 Å². The van der Waals surface area contributed by atoms with Crippen molar-refractivity contribution in [2.75, 3.05) is 37.4 Å². The fourth-order valence-electron chi connectivity index (χ4n) is 2.26. The molecule has 0 aromatic carbocycles. The van der Waals surface area contributed by atoms with Gasteiger partial charge in [0.1, 0.15) is 15.4 Å². The summed E-state index contributed by atoms with van der Waals surface area (Å²) in [6, 6.07) is 0. The van der Waals surface area contributed by atoms with Gasteiger partial charge in [0.2, 0.25) is 0 Å². The summed E-state index contributed by atoms with van der Waals surface area (Å²) in [6.07, 6.45) is 2.16. The molecule has 6 nitrogen and oxygen atoms in total. The SMILES string of the molecule is CCOC(=O)c1c(N2CCCC2)sc(C(=O)NC)c1N. The van der Waals surface area contributed by atoms with Crippen molar-refractivity contribution in [1.82, 2.24) is 5.32 Å². The molecule has 2 heterocycles. The number of hydrogen-bond donors (Lipinski definition) is 2. The molecule has 1 amide bonds. The first-order valence-electron chi connectivity index (χ1n) is 6.66. The molecule has 110 valence electrons. The third kappa shape index (κ3) is 2.58. The number of carbonyl (C=O) groups is 2. The van der Waals surface area contributed by atoms with Crippen LogP contribution in [-0.4, -0.2) is 38.6 Å². The molecule has 0 unspecified atom stereocenters. The smallest absolute Gasteiger partial charge is 0.343 e. The third-order valence-corrected chi connectivity index (χ3v) is 4.50. The first kappa shape index (κ1) is 14.6. The van der Waals surface area contributed by atoms with E-state index in [0.29, 0.717) is 10.4 Å². The predicted molar refractivity (Wildman–Crippen MR) is 79.5 cm³/mol. The Morgan fingerprint density at radius 3 is 2.60 bits per heavy atom. The highest BCUT2D eigenvalue weighted by molar-refractivity contribution is 7.19. The van der Waals surface area contributed by atoms with E-state index < -0.39 is 5.97 Å². The van der Waals surface area contributed by atoms with Gasteiger partial charge < -0.3 is 20.7 Å². The van der Waals surface area contributed by atoms with Crippen LogP contribution in [0.1, 0.15) is 39.8 Å². The van der Waals surface area contributed by atoms with E-state index in [2.05, 4.69) is 10.2 Å². The number of nitrogens with one attached hydrogen (secondary N) is 1. The first-order valence-corrected chi connectivity index (χ1v) is 7.48. The summed E-state index contributed by atoms with van der Waals surface area (Å²) in [6.45, 7) is 3.78. The minimum absolute atomic E-state index is 0.217. The Bertz CT molecular complexity index is 521. The fourth-order valence-corrected chi connectivity index (χ4v) is 3.46. The minimum atomic E-state index is -0.460. The lowest BCUT2D eigenvalue weighted by molar-refractivity contribution is 0.0529. The van der Waals surface area contributed by atoms with Crippen molar-refractivity contribution in [1.29, 1.82) is 0 Å². The molecule has 7 heteroatoms. The van der Waals surface area contributed by atoms with Gasteiger partial charge in [-0.3, -0.25) is 4.79 Å². The number of nitrogens with zero attached hydrogens (tertiary/aromatic N) is 1. The summed E-state index contributed by atoms with van der Waals surface area (Å²) in [4.78, 5) is 26.4. The van der Waals surface area contributed by atoms with Crippen molar-refractivity contribution in [3.63, 3.8) is 0 Å². The van der Waals surface area contributed by atoms with Crippen LogP contribution in [0, 0.1) is 0 Å². The number of ether oxygens (including phenoxy) is 1. The van der Waals surface area contributed by atoms with Gasteiger partial charge in [-0.1, -0.05) is 0 Å². The Morgan fingerprint density at radius 1 is 1.40 bits per heavy atom. The fraction of sp³-hybridized carbons (Fsp3) is 0.538. The Kier molecular flexibility index (Phi) is 4.49. The zero-order chi connectivity index (χ0) is 14.7. The lowest BCUT2D eigenvalue weighted by Gasteiger charge is -2.16. The Hall–Kier alpha value is -1.76. The standard InChI is InChI=1S/C13H19N3O3S/c1-3-19-13(18)8-9(14)10(11(17)15-2)20-12(8)16-6-4-5-7-16/h3-7,14H2,1-2H3,(H,15,17). The van der Waals surface area contributed by atoms with Gasteiger partial charge in [-0.15, -0.1) is 11.3 Å². The van der Waals surface area contributed by atoms with E-state index in [1.165, 1.54) is 11.3 Å². The van der Waals surface area contributed by atoms with Gasteiger partial charge in [0, 0.05) is 20.1 Å². The van der Waals surface area contributed by atoms with Crippen LogP contribution in [0.5, 0.6) is 0 Å². The summed E-state index contributed by atoms with van der Waals surface area (Å²) in [7, 11) is 1.54. The van der Waals surface area contributed by atoms with Crippen molar-refractivity contribution in [3.05, 3.63) is 10.4 Å². The molecule has 1 aliphatic heterocycles. The first-order chi connectivity index (χ1) is 9.60. The van der Waals surface area contributed by atoms with Crippen molar-refractivity contribution in [3.8, 4) is 0 Å². The number of hydrogen-bond acceptors (Lipinski definition) is 6. The maximum Gasteiger partial charge on any atom is 0.343 e. The summed E-state index contributed by atoms with van der Waals surface area (Å²) < 4.78 is 5.07. The van der Waals surface area contributed by atoms with E-state index in [-0.39, 0.29) is 18.2 Å². The van der Waals surface area contributed by atoms with Crippen LogP contribution in [0.15, 0.2) is 0 Å². The van der Waals surface area contributed by atoms with Gasteiger partial charge in [-0.2, -0.15) is 0 Å². The molecule has 0 aliphatic carbocycles. The van der Waals surface area contributed by atoms with E-state index in [9.17, 15) is 9.59 Å². The predicted octanol–water partition coefficient (Wildman–Crippen LogP) is 1.47. The second-order valence-corrected chi connectivity index (χ2v) is 5.52. The van der Waals surface area contributed by atoms with Crippen molar-refractivity contribution in [2.45, 2.75) is 19.8 Å². The van der Waals surface area contributed by atoms with E-state index in [0.717, 1.165) is 30.9 Å². The van der Waals surface area contributed by atoms with Crippen molar-refractivity contribution >= 4 is 33.9 Å². The molecule has 1 saturated heterocycles. The third-order valence-electron chi connectivity index (χ3n) is 3.23. The molecule has 0 atom stereocenters. The highest BCUT2D eigenvalue weighted by atomic mass is 32.1. The highest BCUT2D eigenvalue weighted by Gasteiger charge is 2.29. The van der Waals surface area contributed by atoms with E-state index in [4.69, 9.17) is 10.5 Å². The van der Waals surface area contributed by atoms with Crippen LogP contribution in [0.25, 0.3) is 0 Å². The van der Waals surface area contributed by atoms with Gasteiger partial charge in [-0.25, -0.2) is 4.79 Å². The van der Waals surface area contributed by atoms with Crippen LogP contribution < -0.4 is 16.0 Å². The summed E-state index contributed by atoms with van der Waals surface area (Å²) in [5, 5.41) is 3.29. The molecule has 1 aromatic rings. The molecule has 3 N–H and O–H groups in total. The number of carbonyl (C=O) groups excluding carboxylic acids is 2. The minimum Gasteiger partial charge on any atom is -0.462 e. The zero-order valence-electron chi connectivity index (χ0n) is 11.7. The Balaban J connectivity index is 2.46. The Labute approximate surface area is 121 Å². The average molecular weight is 297 g/mol. The number of thiophene rings is 1. The number of esters is 1. The largest absolute Gasteiger partial charge is 0.462 e. The quantitative estimate of drug-likeness (QED) is 0.822. The van der Waals surface area contributed by atoms with Crippen molar-refractivity contribution < 1.29 is 14.3 Å². The maximum atomic E-state index is 12.1. The molecule has 0 bridgehead atoms. The average Bonchev–Trinajstić information content (AvgIpc) is 3.05. The van der Waals surface area contributed by atoms with E-state index in [1.807, 2.05) is 0 Å². The second kappa shape index (κ2) is 6.13. The molecule has 0 saturated carbocycles. The molecular weight excluding hydrogens is 278 g/mol. The molecule has 20 heavy (non-hydrogen) atoms.